The predicted molar refractivity (Wildman–Crippen MR) is 119 cm³/mol. The average Bonchev–Trinajstić information content (AvgIpc) is 3.25. The Morgan fingerprint density at radius 2 is 1.88 bits per heavy atom. The quantitative estimate of drug-likeness (QED) is 0.485. The maximum Gasteiger partial charge on any atom is 0.416 e. The van der Waals surface area contributed by atoms with Crippen LogP contribution in [0.2, 0.25) is 0 Å². The minimum absolute atomic E-state index is 0.110. The summed E-state index contributed by atoms with van der Waals surface area (Å²) in [5.41, 5.74) is 0.134. The molecule has 33 heavy (non-hydrogen) atoms. The Balaban J connectivity index is 1.32. The number of thiazole rings is 1. The molecule has 1 fully saturated rings. The third kappa shape index (κ3) is 6.05. The summed E-state index contributed by atoms with van der Waals surface area (Å²) in [6, 6.07) is 6.41. The number of Topliss-reactive ketones (excluding diaryl/α,β-unsaturated/α-hetero) is 1. The van der Waals surface area contributed by atoms with Crippen LogP contribution in [0, 0.1) is 0 Å². The highest BCUT2D eigenvalue weighted by atomic mass is 32.1. The number of carbonyl (C=O) groups is 1. The Morgan fingerprint density at radius 3 is 2.58 bits per heavy atom. The van der Waals surface area contributed by atoms with E-state index in [1.165, 1.54) is 29.8 Å². The maximum absolute atomic E-state index is 12.7. The highest BCUT2D eigenvalue weighted by Gasteiger charge is 2.30. The van der Waals surface area contributed by atoms with Crippen molar-refractivity contribution in [2.45, 2.75) is 38.0 Å². The summed E-state index contributed by atoms with van der Waals surface area (Å²) in [6.07, 6.45) is 0.421. The van der Waals surface area contributed by atoms with E-state index in [0.29, 0.717) is 54.7 Å². The summed E-state index contributed by atoms with van der Waals surface area (Å²) >= 11 is 1.34. The van der Waals surface area contributed by atoms with Gasteiger partial charge in [-0.05, 0) is 43.5 Å². The maximum atomic E-state index is 12.7. The highest BCUT2D eigenvalue weighted by Crippen LogP contribution is 2.31. The van der Waals surface area contributed by atoms with Gasteiger partial charge in [-0.25, -0.2) is 15.0 Å². The second-order valence-electron chi connectivity index (χ2n) is 7.73. The van der Waals surface area contributed by atoms with Crippen LogP contribution in [-0.2, 0) is 12.6 Å². The van der Waals surface area contributed by atoms with Gasteiger partial charge in [0.1, 0.15) is 17.8 Å². The van der Waals surface area contributed by atoms with Gasteiger partial charge in [0.25, 0.3) is 0 Å². The van der Waals surface area contributed by atoms with Gasteiger partial charge in [0.15, 0.2) is 10.9 Å². The Hall–Kier alpha value is -3.05. The number of piperidine rings is 1. The number of halogens is 3. The van der Waals surface area contributed by atoms with Crippen molar-refractivity contribution < 1.29 is 23.1 Å². The van der Waals surface area contributed by atoms with Crippen molar-refractivity contribution in [3.05, 3.63) is 59.0 Å². The lowest BCUT2D eigenvalue weighted by Crippen LogP contribution is -2.36. The van der Waals surface area contributed by atoms with E-state index in [9.17, 15) is 23.1 Å². The summed E-state index contributed by atoms with van der Waals surface area (Å²) in [4.78, 5) is 28.1. The number of ketones is 1. The first-order chi connectivity index (χ1) is 15.8. The van der Waals surface area contributed by atoms with Crippen LogP contribution < -0.4 is 10.2 Å². The number of hydrogen-bond donors (Lipinski definition) is 2. The van der Waals surface area contributed by atoms with Gasteiger partial charge in [0, 0.05) is 42.3 Å². The first-order valence-corrected chi connectivity index (χ1v) is 11.3. The summed E-state index contributed by atoms with van der Waals surface area (Å²) < 4.78 is 38.0. The molecule has 7 nitrogen and oxygen atoms in total. The number of aryl methyl sites for hydroxylation is 1. The molecule has 11 heteroatoms. The van der Waals surface area contributed by atoms with Crippen molar-refractivity contribution in [3.63, 3.8) is 0 Å². The molecule has 0 amide bonds. The summed E-state index contributed by atoms with van der Waals surface area (Å²) in [5, 5.41) is 13.2. The van der Waals surface area contributed by atoms with Crippen molar-refractivity contribution >= 4 is 33.8 Å². The second-order valence-corrected chi connectivity index (χ2v) is 8.85. The fourth-order valence-electron chi connectivity index (χ4n) is 3.48. The molecule has 174 valence electrons. The third-order valence-corrected chi connectivity index (χ3v) is 6.31. The highest BCUT2D eigenvalue weighted by molar-refractivity contribution is 7.15. The number of nitrogens with zero attached hydrogens (tertiary/aromatic N) is 4. The van der Waals surface area contributed by atoms with E-state index >= 15 is 0 Å². The number of hydrogen-bond acceptors (Lipinski definition) is 8. The molecule has 4 rings (SSSR count). The zero-order valence-electron chi connectivity index (χ0n) is 17.5. The topological polar surface area (TPSA) is 91.2 Å². The number of benzene rings is 1. The molecule has 1 aromatic carbocycles. The van der Waals surface area contributed by atoms with Crippen LogP contribution in [0.15, 0.2) is 42.9 Å². The van der Waals surface area contributed by atoms with Crippen molar-refractivity contribution in [3.8, 4) is 0 Å². The number of nitrogens with one attached hydrogen (secondary N) is 1. The van der Waals surface area contributed by atoms with Gasteiger partial charge in [0.05, 0.1) is 11.7 Å². The molecule has 0 unspecified atom stereocenters. The summed E-state index contributed by atoms with van der Waals surface area (Å²) in [7, 11) is 0. The fourth-order valence-corrected chi connectivity index (χ4v) is 4.31. The minimum atomic E-state index is -4.37. The van der Waals surface area contributed by atoms with Gasteiger partial charge in [-0.1, -0.05) is 0 Å². The fraction of sp³-hybridized carbons (Fsp3) is 0.364. The number of aromatic nitrogens is 3. The van der Waals surface area contributed by atoms with Gasteiger partial charge in [-0.2, -0.15) is 13.2 Å². The molecule has 3 heterocycles. The molecule has 0 saturated carbocycles. The number of carbonyl (C=O) groups excluding carboxylic acids is 1. The average molecular weight is 478 g/mol. The Morgan fingerprint density at radius 1 is 1.15 bits per heavy atom. The van der Waals surface area contributed by atoms with E-state index in [1.54, 1.807) is 12.3 Å². The Bertz CT molecular complexity index is 1100. The SMILES string of the molecule is O=C(CCc1cnc(Nc2ccc(C(F)(F)F)cc2)s1)c1cc(N2CCC(O)CC2)ncn1. The molecular weight excluding hydrogens is 455 g/mol. The summed E-state index contributed by atoms with van der Waals surface area (Å²) in [6.45, 7) is 1.36. The van der Waals surface area contributed by atoms with E-state index in [2.05, 4.69) is 20.3 Å². The molecule has 2 aromatic heterocycles. The number of rotatable bonds is 7. The number of aliphatic hydroxyl groups is 1. The van der Waals surface area contributed by atoms with E-state index in [-0.39, 0.29) is 18.3 Å². The molecule has 1 aliphatic heterocycles. The molecule has 0 atom stereocenters. The number of aliphatic hydroxyl groups excluding tert-OH is 1. The zero-order chi connectivity index (χ0) is 23.4. The number of anilines is 3. The summed E-state index contributed by atoms with van der Waals surface area (Å²) in [5.74, 6) is 0.572. The van der Waals surface area contributed by atoms with E-state index in [4.69, 9.17) is 0 Å². The molecule has 2 N–H and O–H groups in total. The molecule has 1 saturated heterocycles. The zero-order valence-corrected chi connectivity index (χ0v) is 18.4. The number of alkyl halides is 3. The van der Waals surface area contributed by atoms with Crippen molar-refractivity contribution in [2.75, 3.05) is 23.3 Å². The van der Waals surface area contributed by atoms with E-state index < -0.39 is 11.7 Å². The smallest absolute Gasteiger partial charge is 0.393 e. The van der Waals surface area contributed by atoms with Crippen LogP contribution in [0.4, 0.5) is 29.8 Å². The molecule has 1 aliphatic rings. The van der Waals surface area contributed by atoms with Crippen molar-refractivity contribution in [2.24, 2.45) is 0 Å². The lowest BCUT2D eigenvalue weighted by molar-refractivity contribution is -0.137. The van der Waals surface area contributed by atoms with Crippen LogP contribution in [0.1, 0.15) is 40.2 Å². The first kappa shape index (κ1) is 23.1. The lowest BCUT2D eigenvalue weighted by atomic mass is 10.1. The molecule has 0 spiro atoms. The first-order valence-electron chi connectivity index (χ1n) is 10.4. The predicted octanol–water partition coefficient (Wildman–Crippen LogP) is 4.47. The van der Waals surface area contributed by atoms with E-state index in [1.807, 2.05) is 4.90 Å². The molecule has 3 aromatic rings. The van der Waals surface area contributed by atoms with Crippen LogP contribution in [0.3, 0.4) is 0 Å². The van der Waals surface area contributed by atoms with Gasteiger partial charge in [-0.3, -0.25) is 4.79 Å². The van der Waals surface area contributed by atoms with Crippen LogP contribution in [-0.4, -0.2) is 45.0 Å². The Kier molecular flexibility index (Phi) is 6.89. The minimum Gasteiger partial charge on any atom is -0.393 e. The Labute approximate surface area is 192 Å². The third-order valence-electron chi connectivity index (χ3n) is 5.34. The van der Waals surface area contributed by atoms with Crippen LogP contribution in [0.5, 0.6) is 0 Å². The monoisotopic (exact) mass is 477 g/mol. The van der Waals surface area contributed by atoms with Crippen LogP contribution >= 0.6 is 11.3 Å². The standard InChI is InChI=1S/C22H22F3N5O2S/c23-22(24,25)14-1-3-15(4-2-14)29-21-26-12-17(33-21)5-6-19(32)18-11-20(28-13-27-18)30-9-7-16(31)8-10-30/h1-4,11-13,16,31H,5-10H2,(H,26,29). The largest absolute Gasteiger partial charge is 0.416 e. The molecule has 0 bridgehead atoms. The van der Waals surface area contributed by atoms with Crippen LogP contribution in [0.25, 0.3) is 0 Å². The van der Waals surface area contributed by atoms with Crippen molar-refractivity contribution in [1.82, 2.24) is 15.0 Å². The van der Waals surface area contributed by atoms with Crippen molar-refractivity contribution in [1.29, 1.82) is 0 Å². The molecular formula is C22H22F3N5O2S. The van der Waals surface area contributed by atoms with Gasteiger partial charge in [-0.15, -0.1) is 11.3 Å². The van der Waals surface area contributed by atoms with Gasteiger partial charge < -0.3 is 15.3 Å². The lowest BCUT2D eigenvalue weighted by Gasteiger charge is -2.30. The van der Waals surface area contributed by atoms with Gasteiger partial charge >= 0.3 is 6.18 Å². The van der Waals surface area contributed by atoms with E-state index in [0.717, 1.165) is 17.0 Å². The molecule has 0 radical (unpaired) electrons. The van der Waals surface area contributed by atoms with Gasteiger partial charge in [0.2, 0.25) is 0 Å². The second kappa shape index (κ2) is 9.84. The molecule has 0 aliphatic carbocycles. The normalized spacial score (nSPS) is 15.0.